The Labute approximate surface area is 201 Å². The maximum atomic E-state index is 12.9. The average Bonchev–Trinajstić information content (AvgIpc) is 2.79. The highest BCUT2D eigenvalue weighted by molar-refractivity contribution is 6.30. The van der Waals surface area contributed by atoms with Gasteiger partial charge in [0, 0.05) is 16.0 Å². The largest absolute Gasteiger partial charge is 0.464 e. The minimum absolute atomic E-state index is 0.0329. The van der Waals surface area contributed by atoms with Crippen LogP contribution in [0.5, 0.6) is 0 Å². The van der Waals surface area contributed by atoms with Gasteiger partial charge in [-0.05, 0) is 55.5 Å². The van der Waals surface area contributed by atoms with Crippen LogP contribution in [0.15, 0.2) is 54.6 Å². The van der Waals surface area contributed by atoms with E-state index in [1.54, 1.807) is 4.90 Å². The van der Waals surface area contributed by atoms with E-state index in [9.17, 15) is 9.59 Å². The minimum atomic E-state index is -0.534. The van der Waals surface area contributed by atoms with Crippen LogP contribution >= 0.6 is 23.2 Å². The van der Waals surface area contributed by atoms with Crippen molar-refractivity contribution in [2.75, 3.05) is 6.61 Å². The molecule has 1 amide bonds. The molecular weight excluding hydrogens is 445 g/mol. The van der Waals surface area contributed by atoms with Gasteiger partial charge in [-0.15, -0.1) is 0 Å². The molecule has 6 heteroatoms. The molecular formula is C26H33Cl2NO3. The van der Waals surface area contributed by atoms with E-state index >= 15 is 0 Å². The van der Waals surface area contributed by atoms with Crippen LogP contribution in [0.25, 0.3) is 0 Å². The van der Waals surface area contributed by atoms with E-state index in [2.05, 4.69) is 6.92 Å². The first kappa shape index (κ1) is 26.2. The molecule has 0 radical (unpaired) electrons. The van der Waals surface area contributed by atoms with Gasteiger partial charge in [0.05, 0.1) is 12.6 Å². The van der Waals surface area contributed by atoms with Gasteiger partial charge in [-0.2, -0.15) is 0 Å². The first-order valence-corrected chi connectivity index (χ1v) is 12.1. The van der Waals surface area contributed by atoms with Crippen LogP contribution in [0.2, 0.25) is 10.0 Å². The van der Waals surface area contributed by atoms with Crippen molar-refractivity contribution in [1.82, 2.24) is 4.90 Å². The third-order valence-corrected chi connectivity index (χ3v) is 6.11. The molecule has 1 aliphatic heterocycles. The van der Waals surface area contributed by atoms with Gasteiger partial charge in [-0.3, -0.25) is 4.79 Å². The van der Waals surface area contributed by atoms with Crippen LogP contribution in [0, 0.1) is 5.92 Å². The number of halogens is 2. The van der Waals surface area contributed by atoms with Crippen molar-refractivity contribution in [2.24, 2.45) is 5.92 Å². The normalized spacial score (nSPS) is 19.0. The van der Waals surface area contributed by atoms with Gasteiger partial charge in [0.1, 0.15) is 6.04 Å². The summed E-state index contributed by atoms with van der Waals surface area (Å²) >= 11 is 11.5. The van der Waals surface area contributed by atoms with E-state index in [1.165, 1.54) is 0 Å². The molecule has 0 bridgehead atoms. The van der Waals surface area contributed by atoms with Crippen LogP contribution in [0.4, 0.5) is 0 Å². The Bertz CT molecular complexity index is 842. The molecule has 1 saturated heterocycles. The van der Waals surface area contributed by atoms with Crippen LogP contribution in [0.1, 0.15) is 64.5 Å². The number of amides is 1. The SMILES string of the molecule is CCCCOC(=O)C(CC)N1C(=O)C(C)CC[C@H]1c1ccc(Cl)cc1.Clc1ccccc1. The fraction of sp³-hybridized carbons (Fsp3) is 0.462. The number of nitrogens with zero attached hydrogens (tertiary/aromatic N) is 1. The molecule has 3 rings (SSSR count). The Hall–Kier alpha value is -2.04. The zero-order valence-electron chi connectivity index (χ0n) is 19.1. The molecule has 174 valence electrons. The molecule has 0 saturated carbocycles. The standard InChI is InChI=1S/C20H28ClNO3.C6H5Cl/c1-4-6-13-25-20(24)17(5-2)22-18(12-7-14(3)19(22)23)15-8-10-16(21)11-9-15;7-6-4-2-1-3-5-6/h8-11,14,17-18H,4-7,12-13H2,1-3H3;1-5H/t14?,17?,18-;/m0./s1. The summed E-state index contributed by atoms with van der Waals surface area (Å²) in [6, 6.07) is 16.4. The summed E-state index contributed by atoms with van der Waals surface area (Å²) in [5.74, 6) is -0.330. The molecule has 32 heavy (non-hydrogen) atoms. The minimum Gasteiger partial charge on any atom is -0.464 e. The van der Waals surface area contributed by atoms with Crippen molar-refractivity contribution in [1.29, 1.82) is 0 Å². The maximum absolute atomic E-state index is 12.9. The van der Waals surface area contributed by atoms with Gasteiger partial charge in [0.25, 0.3) is 0 Å². The number of hydrogen-bond donors (Lipinski definition) is 0. The topological polar surface area (TPSA) is 46.6 Å². The fourth-order valence-corrected chi connectivity index (χ4v) is 4.04. The van der Waals surface area contributed by atoms with E-state index in [0.29, 0.717) is 18.1 Å². The lowest BCUT2D eigenvalue weighted by Gasteiger charge is -2.42. The van der Waals surface area contributed by atoms with Gasteiger partial charge in [0.2, 0.25) is 5.91 Å². The molecule has 1 aliphatic rings. The van der Waals surface area contributed by atoms with Gasteiger partial charge < -0.3 is 9.64 Å². The number of esters is 1. The van der Waals surface area contributed by atoms with Crippen molar-refractivity contribution >= 4 is 35.1 Å². The fourth-order valence-electron chi connectivity index (χ4n) is 3.77. The Morgan fingerprint density at radius 1 is 1.03 bits per heavy atom. The number of carbonyl (C=O) groups excluding carboxylic acids is 2. The van der Waals surface area contributed by atoms with Crippen molar-refractivity contribution in [3.8, 4) is 0 Å². The Morgan fingerprint density at radius 2 is 1.66 bits per heavy atom. The van der Waals surface area contributed by atoms with Crippen LogP contribution < -0.4 is 0 Å². The number of ether oxygens (including phenoxy) is 1. The highest BCUT2D eigenvalue weighted by Crippen LogP contribution is 2.37. The second kappa shape index (κ2) is 13.5. The lowest BCUT2D eigenvalue weighted by molar-refractivity contribution is -0.161. The molecule has 1 heterocycles. The van der Waals surface area contributed by atoms with E-state index in [0.717, 1.165) is 36.3 Å². The molecule has 2 aromatic rings. The molecule has 2 aromatic carbocycles. The molecule has 4 nitrogen and oxygen atoms in total. The molecule has 2 unspecified atom stereocenters. The van der Waals surface area contributed by atoms with E-state index in [1.807, 2.05) is 68.4 Å². The Morgan fingerprint density at radius 3 is 2.19 bits per heavy atom. The summed E-state index contributed by atoms with van der Waals surface area (Å²) in [7, 11) is 0. The molecule has 1 fully saturated rings. The third-order valence-electron chi connectivity index (χ3n) is 5.61. The summed E-state index contributed by atoms with van der Waals surface area (Å²) in [4.78, 5) is 27.3. The summed E-state index contributed by atoms with van der Waals surface area (Å²) in [5, 5.41) is 1.46. The predicted molar refractivity (Wildman–Crippen MR) is 131 cm³/mol. The second-order valence-electron chi connectivity index (χ2n) is 8.03. The van der Waals surface area contributed by atoms with Crippen molar-refractivity contribution in [2.45, 2.75) is 65.0 Å². The van der Waals surface area contributed by atoms with Gasteiger partial charge in [-0.25, -0.2) is 4.79 Å². The zero-order chi connectivity index (χ0) is 23.5. The van der Waals surface area contributed by atoms with Gasteiger partial charge in [-0.1, -0.05) is 80.7 Å². The summed E-state index contributed by atoms with van der Waals surface area (Å²) in [6.07, 6.45) is 4.02. The quantitative estimate of drug-likeness (QED) is 0.315. The first-order valence-electron chi connectivity index (χ1n) is 11.3. The Balaban J connectivity index is 0.000000439. The molecule has 0 spiro atoms. The van der Waals surface area contributed by atoms with E-state index in [-0.39, 0.29) is 23.8 Å². The van der Waals surface area contributed by atoms with Crippen LogP contribution in [-0.4, -0.2) is 29.4 Å². The lowest BCUT2D eigenvalue weighted by atomic mass is 9.87. The summed E-state index contributed by atoms with van der Waals surface area (Å²) in [6.45, 7) is 6.33. The number of benzene rings is 2. The van der Waals surface area contributed by atoms with Gasteiger partial charge in [0.15, 0.2) is 0 Å². The highest BCUT2D eigenvalue weighted by Gasteiger charge is 2.40. The molecule has 0 aromatic heterocycles. The molecule has 3 atom stereocenters. The highest BCUT2D eigenvalue weighted by atomic mass is 35.5. The number of carbonyl (C=O) groups is 2. The van der Waals surface area contributed by atoms with E-state index < -0.39 is 6.04 Å². The van der Waals surface area contributed by atoms with Crippen molar-refractivity contribution < 1.29 is 14.3 Å². The lowest BCUT2D eigenvalue weighted by Crippen LogP contribution is -2.51. The predicted octanol–water partition coefficient (Wildman–Crippen LogP) is 7.10. The zero-order valence-corrected chi connectivity index (χ0v) is 20.6. The number of rotatable bonds is 7. The summed E-state index contributed by atoms with van der Waals surface area (Å²) < 4.78 is 5.42. The second-order valence-corrected chi connectivity index (χ2v) is 8.90. The maximum Gasteiger partial charge on any atom is 0.328 e. The van der Waals surface area contributed by atoms with Gasteiger partial charge >= 0.3 is 5.97 Å². The number of likely N-dealkylation sites (tertiary alicyclic amines) is 1. The van der Waals surface area contributed by atoms with E-state index in [4.69, 9.17) is 27.9 Å². The smallest absolute Gasteiger partial charge is 0.328 e. The van der Waals surface area contributed by atoms with Crippen LogP contribution in [0.3, 0.4) is 0 Å². The molecule has 0 N–H and O–H groups in total. The van der Waals surface area contributed by atoms with Crippen LogP contribution in [-0.2, 0) is 14.3 Å². The van der Waals surface area contributed by atoms with Crippen molar-refractivity contribution in [3.63, 3.8) is 0 Å². The number of hydrogen-bond acceptors (Lipinski definition) is 3. The molecule has 0 aliphatic carbocycles. The number of unbranched alkanes of at least 4 members (excludes halogenated alkanes) is 1. The average molecular weight is 478 g/mol. The van der Waals surface area contributed by atoms with Crippen molar-refractivity contribution in [3.05, 3.63) is 70.2 Å². The Kier molecular flexibility index (Phi) is 11.1. The first-order chi connectivity index (χ1) is 15.4. The number of piperidine rings is 1. The summed E-state index contributed by atoms with van der Waals surface area (Å²) in [5.41, 5.74) is 1.02. The monoisotopic (exact) mass is 477 g/mol. The third kappa shape index (κ3) is 7.53.